The molecule has 6 atom stereocenters. The summed E-state index contributed by atoms with van der Waals surface area (Å²) in [5.74, 6) is -1.22. The Labute approximate surface area is 158 Å². The predicted molar refractivity (Wildman–Crippen MR) is 93.2 cm³/mol. The Balaban J connectivity index is 1.95. The molecule has 0 spiro atoms. The number of ether oxygens (including phenoxy) is 1. The van der Waals surface area contributed by atoms with E-state index in [9.17, 15) is 19.7 Å². The van der Waals surface area contributed by atoms with Crippen LogP contribution >= 0.6 is 23.2 Å². The summed E-state index contributed by atoms with van der Waals surface area (Å²) in [4.78, 5) is 7.70. The number of hydrogen-bond donors (Lipinski definition) is 3. The van der Waals surface area contributed by atoms with Crippen molar-refractivity contribution in [3.63, 3.8) is 0 Å². The highest BCUT2D eigenvalue weighted by Crippen LogP contribution is 2.37. The number of aliphatic hydroxyl groups excluding tert-OH is 3. The lowest BCUT2D eigenvalue weighted by Gasteiger charge is -2.26. The third-order valence-electron chi connectivity index (χ3n) is 4.63. The summed E-state index contributed by atoms with van der Waals surface area (Å²) in [6, 6.07) is 0. The Morgan fingerprint density at radius 3 is 2.73 bits per heavy atom. The zero-order chi connectivity index (χ0) is 19.2. The van der Waals surface area contributed by atoms with Crippen LogP contribution in [0, 0.1) is 11.7 Å². The van der Waals surface area contributed by atoms with Crippen LogP contribution in [0.2, 0.25) is 5.15 Å². The van der Waals surface area contributed by atoms with E-state index in [-0.39, 0.29) is 16.2 Å². The van der Waals surface area contributed by atoms with E-state index in [1.165, 1.54) is 4.57 Å². The van der Waals surface area contributed by atoms with E-state index in [2.05, 4.69) is 9.97 Å². The van der Waals surface area contributed by atoms with Crippen molar-refractivity contribution in [2.75, 3.05) is 0 Å². The zero-order valence-corrected chi connectivity index (χ0v) is 15.4. The van der Waals surface area contributed by atoms with E-state index in [1.807, 2.05) is 0 Å². The van der Waals surface area contributed by atoms with Crippen molar-refractivity contribution in [2.45, 2.75) is 44.5 Å². The summed E-state index contributed by atoms with van der Waals surface area (Å²) in [6.07, 6.45) is -2.47. The van der Waals surface area contributed by atoms with Gasteiger partial charge in [0.2, 0.25) is 0 Å². The Bertz CT molecular complexity index is 846. The van der Waals surface area contributed by atoms with Gasteiger partial charge in [-0.05, 0) is 6.92 Å². The number of hydrogen-bond acceptors (Lipinski definition) is 6. The first-order chi connectivity index (χ1) is 12.3. The lowest BCUT2D eigenvalue weighted by molar-refractivity contribution is -0.0935. The summed E-state index contributed by atoms with van der Waals surface area (Å²) in [7, 11) is 0. The van der Waals surface area contributed by atoms with Crippen molar-refractivity contribution in [3.05, 3.63) is 34.6 Å². The quantitative estimate of drug-likeness (QED) is 0.672. The van der Waals surface area contributed by atoms with E-state index in [0.717, 1.165) is 12.5 Å². The molecule has 1 aliphatic rings. The molecule has 3 rings (SSSR count). The monoisotopic (exact) mass is 405 g/mol. The summed E-state index contributed by atoms with van der Waals surface area (Å²) >= 11 is 11.9. The molecular formula is C16H18Cl2FN3O4. The lowest BCUT2D eigenvalue weighted by Crippen LogP contribution is -2.41. The highest BCUT2D eigenvalue weighted by Gasteiger charge is 2.48. The van der Waals surface area contributed by atoms with Gasteiger partial charge in [0.1, 0.15) is 35.4 Å². The molecule has 2 aromatic rings. The number of nitrogens with zero attached hydrogens (tertiary/aromatic N) is 3. The largest absolute Gasteiger partial charge is 0.390 e. The molecule has 1 unspecified atom stereocenters. The van der Waals surface area contributed by atoms with Crippen LogP contribution in [0.15, 0.2) is 23.6 Å². The van der Waals surface area contributed by atoms with Gasteiger partial charge in [0.15, 0.2) is 12.0 Å². The van der Waals surface area contributed by atoms with Crippen LogP contribution in [-0.4, -0.2) is 54.3 Å². The third kappa shape index (κ3) is 3.11. The van der Waals surface area contributed by atoms with Crippen LogP contribution < -0.4 is 0 Å². The molecule has 10 heteroatoms. The first-order valence-corrected chi connectivity index (χ1v) is 8.71. The number of fused-ring (bicyclic) bond motifs is 1. The van der Waals surface area contributed by atoms with Crippen molar-refractivity contribution in [2.24, 2.45) is 5.92 Å². The first-order valence-electron chi connectivity index (χ1n) is 7.95. The molecule has 26 heavy (non-hydrogen) atoms. The number of rotatable bonds is 4. The molecule has 0 radical (unpaired) electrons. The van der Waals surface area contributed by atoms with Gasteiger partial charge in [-0.2, -0.15) is 0 Å². The molecule has 0 bridgehead atoms. The second-order valence-corrected chi connectivity index (χ2v) is 6.97. The molecule has 7 nitrogen and oxygen atoms in total. The number of aromatic nitrogens is 3. The number of halogens is 3. The van der Waals surface area contributed by atoms with Gasteiger partial charge in [0.05, 0.1) is 11.5 Å². The van der Waals surface area contributed by atoms with Crippen molar-refractivity contribution in [3.8, 4) is 0 Å². The van der Waals surface area contributed by atoms with Gasteiger partial charge < -0.3 is 24.6 Å². The minimum atomic E-state index is -1.42. The Morgan fingerprint density at radius 1 is 1.38 bits per heavy atom. The van der Waals surface area contributed by atoms with Crippen LogP contribution in [0.5, 0.6) is 0 Å². The average molecular weight is 406 g/mol. The second-order valence-electron chi connectivity index (χ2n) is 6.17. The highest BCUT2D eigenvalue weighted by atomic mass is 35.5. The topological polar surface area (TPSA) is 101 Å². The Morgan fingerprint density at radius 2 is 2.08 bits per heavy atom. The molecule has 0 aliphatic carbocycles. The molecule has 0 aromatic carbocycles. The predicted octanol–water partition coefficient (Wildman–Crippen LogP) is 1.98. The third-order valence-corrected chi connectivity index (χ3v) is 5.47. The van der Waals surface area contributed by atoms with Crippen molar-refractivity contribution in [1.82, 2.24) is 14.5 Å². The maximum atomic E-state index is 14.2. The smallest absolute Gasteiger partial charge is 0.164 e. The van der Waals surface area contributed by atoms with Crippen LogP contribution in [0.1, 0.15) is 20.1 Å². The minimum Gasteiger partial charge on any atom is -0.390 e. The van der Waals surface area contributed by atoms with Crippen LogP contribution in [0.25, 0.3) is 11.0 Å². The van der Waals surface area contributed by atoms with Crippen LogP contribution in [0.4, 0.5) is 4.39 Å². The number of allylic oxidation sites excluding steroid dienone is 1. The molecule has 1 saturated heterocycles. The molecular weight excluding hydrogens is 388 g/mol. The van der Waals surface area contributed by atoms with Crippen LogP contribution in [0.3, 0.4) is 0 Å². The molecule has 3 N–H and O–H groups in total. The van der Waals surface area contributed by atoms with Gasteiger partial charge in [-0.1, -0.05) is 36.2 Å². The number of aliphatic hydroxyl groups is 3. The SMILES string of the molecule is C/C=C(\Cl)C(C)[C@@H](O)[C@H]1O[C@@H](n2cc(F)c3c(Cl)ncnc32)[C@H](O)[C@@H]1O. The molecule has 2 aromatic heterocycles. The highest BCUT2D eigenvalue weighted by molar-refractivity contribution is 6.34. The van der Waals surface area contributed by atoms with Crippen molar-refractivity contribution >= 4 is 34.2 Å². The normalized spacial score (nSPS) is 29.3. The molecule has 1 fully saturated rings. The fourth-order valence-electron chi connectivity index (χ4n) is 3.11. The fourth-order valence-corrected chi connectivity index (χ4v) is 3.45. The molecule has 0 saturated carbocycles. The minimum absolute atomic E-state index is 0.0196. The maximum absolute atomic E-state index is 14.2. The second kappa shape index (κ2) is 7.38. The molecule has 1 aliphatic heterocycles. The van der Waals surface area contributed by atoms with Gasteiger partial charge in [0.25, 0.3) is 0 Å². The Kier molecular flexibility index (Phi) is 5.53. The zero-order valence-electron chi connectivity index (χ0n) is 13.9. The van der Waals surface area contributed by atoms with Gasteiger partial charge in [0, 0.05) is 17.1 Å². The summed E-state index contributed by atoms with van der Waals surface area (Å²) in [5, 5.41) is 31.5. The molecule has 142 valence electrons. The van der Waals surface area contributed by atoms with E-state index >= 15 is 0 Å². The van der Waals surface area contributed by atoms with Gasteiger partial charge in [-0.3, -0.25) is 0 Å². The van der Waals surface area contributed by atoms with Crippen molar-refractivity contribution in [1.29, 1.82) is 0 Å². The summed E-state index contributed by atoms with van der Waals surface area (Å²) in [6.45, 7) is 3.38. The molecule has 3 heterocycles. The standard InChI is InChI=1S/C16H18Cl2FN3O4/c1-3-7(17)6(2)10(23)13-11(24)12(25)16(26-13)22-4-8(19)9-14(18)20-5-21-15(9)22/h3-6,10-13,16,23-25H,1-2H3/b7-3-/t6?,10-,11+,12-,13-,16-/m1/s1. The average Bonchev–Trinajstić information content (AvgIpc) is 3.11. The van der Waals surface area contributed by atoms with Crippen LogP contribution in [-0.2, 0) is 4.74 Å². The van der Waals surface area contributed by atoms with Gasteiger partial charge in [-0.15, -0.1) is 0 Å². The lowest BCUT2D eigenvalue weighted by atomic mass is 9.95. The maximum Gasteiger partial charge on any atom is 0.164 e. The summed E-state index contributed by atoms with van der Waals surface area (Å²) < 4.78 is 21.1. The fraction of sp³-hybridized carbons (Fsp3) is 0.500. The Hall–Kier alpha value is -1.29. The van der Waals surface area contributed by atoms with Crippen molar-refractivity contribution < 1.29 is 24.4 Å². The van der Waals surface area contributed by atoms with Gasteiger partial charge >= 0.3 is 0 Å². The van der Waals surface area contributed by atoms with E-state index in [1.54, 1.807) is 19.9 Å². The summed E-state index contributed by atoms with van der Waals surface area (Å²) in [5.41, 5.74) is 0.105. The van der Waals surface area contributed by atoms with E-state index in [4.69, 9.17) is 27.9 Å². The molecule has 0 amide bonds. The van der Waals surface area contributed by atoms with Gasteiger partial charge in [-0.25, -0.2) is 14.4 Å². The van der Waals surface area contributed by atoms with E-state index < -0.39 is 42.4 Å². The first kappa shape index (κ1) is 19.5. The van der Waals surface area contributed by atoms with E-state index in [0.29, 0.717) is 5.03 Å².